The predicted molar refractivity (Wildman–Crippen MR) is 71.3 cm³/mol. The zero-order chi connectivity index (χ0) is 13.6. The van der Waals surface area contributed by atoms with E-state index in [4.69, 9.17) is 4.74 Å². The molecule has 18 heavy (non-hydrogen) atoms. The minimum atomic E-state index is -0.707. The van der Waals surface area contributed by atoms with E-state index in [1.165, 1.54) is 5.57 Å². The van der Waals surface area contributed by atoms with Crippen LogP contribution in [-0.4, -0.2) is 34.1 Å². The van der Waals surface area contributed by atoms with Crippen LogP contribution in [0.15, 0.2) is 11.6 Å². The minimum Gasteiger partial charge on any atom is -0.390 e. The van der Waals surface area contributed by atoms with Gasteiger partial charge in [0.25, 0.3) is 0 Å². The molecule has 0 heterocycles. The van der Waals surface area contributed by atoms with Crippen molar-refractivity contribution < 1.29 is 14.9 Å². The first kappa shape index (κ1) is 14.0. The summed E-state index contributed by atoms with van der Waals surface area (Å²) in [7, 11) is 0. The molecule has 0 spiro atoms. The van der Waals surface area contributed by atoms with Gasteiger partial charge in [0.2, 0.25) is 0 Å². The van der Waals surface area contributed by atoms with Gasteiger partial charge in [0.05, 0.1) is 23.9 Å². The zero-order valence-corrected chi connectivity index (χ0v) is 11.9. The first-order valence-corrected chi connectivity index (χ1v) is 6.97. The fourth-order valence-corrected chi connectivity index (χ4v) is 3.31. The summed E-state index contributed by atoms with van der Waals surface area (Å²) in [6.45, 7) is 8.39. The molecule has 0 aromatic carbocycles. The third-order valence-electron chi connectivity index (χ3n) is 4.25. The van der Waals surface area contributed by atoms with Gasteiger partial charge in [0, 0.05) is 5.41 Å². The molecular formula is C15H26O3. The highest BCUT2D eigenvalue weighted by atomic mass is 16.5. The number of ether oxygens (including phenoxy) is 1. The Morgan fingerprint density at radius 2 is 2.00 bits per heavy atom. The van der Waals surface area contributed by atoms with Crippen LogP contribution in [0.25, 0.3) is 0 Å². The van der Waals surface area contributed by atoms with E-state index in [0.717, 1.165) is 19.3 Å². The molecule has 2 unspecified atom stereocenters. The van der Waals surface area contributed by atoms with Crippen LogP contribution in [0.1, 0.15) is 53.4 Å². The van der Waals surface area contributed by atoms with Crippen molar-refractivity contribution in [2.75, 3.05) is 0 Å². The summed E-state index contributed by atoms with van der Waals surface area (Å²) < 4.78 is 6.20. The van der Waals surface area contributed by atoms with Crippen molar-refractivity contribution in [2.45, 2.75) is 77.3 Å². The molecule has 2 aliphatic rings. The van der Waals surface area contributed by atoms with Gasteiger partial charge in [-0.25, -0.2) is 0 Å². The molecule has 2 aliphatic carbocycles. The van der Waals surface area contributed by atoms with Crippen molar-refractivity contribution in [2.24, 2.45) is 5.41 Å². The van der Waals surface area contributed by atoms with Gasteiger partial charge in [-0.05, 0) is 46.5 Å². The Labute approximate surface area is 110 Å². The summed E-state index contributed by atoms with van der Waals surface area (Å²) in [6.07, 6.45) is 4.38. The molecule has 0 saturated heterocycles. The summed E-state index contributed by atoms with van der Waals surface area (Å²) in [5.74, 6) is 0. The highest BCUT2D eigenvalue weighted by Crippen LogP contribution is 2.49. The highest BCUT2D eigenvalue weighted by molar-refractivity contribution is 5.25. The lowest BCUT2D eigenvalue weighted by Crippen LogP contribution is -2.49. The second-order valence-electron chi connectivity index (χ2n) is 6.98. The van der Waals surface area contributed by atoms with E-state index in [2.05, 4.69) is 27.7 Å². The number of aliphatic hydroxyl groups excluding tert-OH is 2. The van der Waals surface area contributed by atoms with E-state index in [-0.39, 0.29) is 17.1 Å². The smallest absolute Gasteiger partial charge is 0.0983 e. The van der Waals surface area contributed by atoms with Crippen molar-refractivity contribution in [1.29, 1.82) is 0 Å². The van der Waals surface area contributed by atoms with Gasteiger partial charge in [0.15, 0.2) is 0 Å². The monoisotopic (exact) mass is 254 g/mol. The van der Waals surface area contributed by atoms with Crippen LogP contribution < -0.4 is 0 Å². The Balaban J connectivity index is 2.26. The molecule has 3 nitrogen and oxygen atoms in total. The minimum absolute atomic E-state index is 0.121. The van der Waals surface area contributed by atoms with Gasteiger partial charge in [-0.2, -0.15) is 0 Å². The number of hydrogen-bond acceptors (Lipinski definition) is 3. The van der Waals surface area contributed by atoms with Gasteiger partial charge < -0.3 is 14.9 Å². The first-order chi connectivity index (χ1) is 8.22. The van der Waals surface area contributed by atoms with Gasteiger partial charge >= 0.3 is 0 Å². The van der Waals surface area contributed by atoms with Crippen molar-refractivity contribution >= 4 is 0 Å². The Bertz CT molecular complexity index is 342. The molecule has 0 radical (unpaired) electrons. The van der Waals surface area contributed by atoms with Crippen LogP contribution in [0.3, 0.4) is 0 Å². The van der Waals surface area contributed by atoms with Crippen LogP contribution in [-0.2, 0) is 4.74 Å². The molecule has 2 N–H and O–H groups in total. The maximum absolute atomic E-state index is 9.95. The van der Waals surface area contributed by atoms with Gasteiger partial charge in [-0.3, -0.25) is 0 Å². The zero-order valence-electron chi connectivity index (χ0n) is 11.9. The van der Waals surface area contributed by atoms with E-state index < -0.39 is 12.2 Å². The second kappa shape index (κ2) is 4.62. The summed E-state index contributed by atoms with van der Waals surface area (Å²) in [5, 5.41) is 19.7. The molecule has 4 atom stereocenters. The van der Waals surface area contributed by atoms with Crippen LogP contribution in [0.5, 0.6) is 0 Å². The van der Waals surface area contributed by atoms with Crippen LogP contribution in [0.2, 0.25) is 0 Å². The molecular weight excluding hydrogens is 228 g/mol. The third-order valence-corrected chi connectivity index (χ3v) is 4.25. The van der Waals surface area contributed by atoms with Crippen molar-refractivity contribution in [3.63, 3.8) is 0 Å². The topological polar surface area (TPSA) is 49.7 Å². The largest absolute Gasteiger partial charge is 0.390 e. The number of rotatable bonds is 1. The van der Waals surface area contributed by atoms with Crippen LogP contribution in [0.4, 0.5) is 0 Å². The fraction of sp³-hybridized carbons (Fsp3) is 0.867. The summed E-state index contributed by atoms with van der Waals surface area (Å²) in [5.41, 5.74) is 0.974. The van der Waals surface area contributed by atoms with Gasteiger partial charge in [-0.15, -0.1) is 0 Å². The lowest BCUT2D eigenvalue weighted by molar-refractivity contribution is -0.132. The van der Waals surface area contributed by atoms with Crippen LogP contribution >= 0.6 is 0 Å². The maximum atomic E-state index is 9.95. The second-order valence-corrected chi connectivity index (χ2v) is 6.98. The van der Waals surface area contributed by atoms with E-state index in [0.29, 0.717) is 6.42 Å². The van der Waals surface area contributed by atoms with E-state index in [1.54, 1.807) is 0 Å². The van der Waals surface area contributed by atoms with E-state index in [1.807, 2.05) is 6.08 Å². The van der Waals surface area contributed by atoms with E-state index >= 15 is 0 Å². The highest BCUT2D eigenvalue weighted by Gasteiger charge is 2.47. The van der Waals surface area contributed by atoms with Crippen LogP contribution in [0, 0.1) is 5.41 Å². The lowest BCUT2D eigenvalue weighted by atomic mass is 9.63. The number of aliphatic hydroxyl groups is 2. The van der Waals surface area contributed by atoms with Crippen molar-refractivity contribution in [3.05, 3.63) is 11.6 Å². The standard InChI is InChI=1S/C15H26O3/c1-14(2,3)18-13-7-5-6-10-8-11(16)12(17)9-15(10,13)4/h8,11-13,16-17H,5-7,9H2,1-4H3/t11?,12?,13-,15-/m1/s1. The van der Waals surface area contributed by atoms with E-state index in [9.17, 15) is 10.2 Å². The van der Waals surface area contributed by atoms with Gasteiger partial charge in [-0.1, -0.05) is 18.6 Å². The molecule has 1 saturated carbocycles. The molecule has 3 heteroatoms. The Kier molecular flexibility index (Phi) is 3.60. The summed E-state index contributed by atoms with van der Waals surface area (Å²) in [6, 6.07) is 0. The van der Waals surface area contributed by atoms with Crippen molar-refractivity contribution in [3.8, 4) is 0 Å². The summed E-state index contributed by atoms with van der Waals surface area (Å²) >= 11 is 0. The fourth-order valence-electron chi connectivity index (χ4n) is 3.31. The molecule has 0 aromatic rings. The van der Waals surface area contributed by atoms with Crippen molar-refractivity contribution in [1.82, 2.24) is 0 Å². The predicted octanol–water partition coefficient (Wildman–Crippen LogP) is 2.41. The van der Waals surface area contributed by atoms with Gasteiger partial charge in [0.1, 0.15) is 0 Å². The average Bonchev–Trinajstić information content (AvgIpc) is 2.21. The molecule has 2 rings (SSSR count). The molecule has 0 aliphatic heterocycles. The first-order valence-electron chi connectivity index (χ1n) is 6.97. The molecule has 0 aromatic heterocycles. The third kappa shape index (κ3) is 2.63. The SMILES string of the molecule is CC(C)(C)O[C@@H]1CCCC2=CC(O)C(O)C[C@]21C. The number of hydrogen-bond donors (Lipinski definition) is 2. The molecule has 104 valence electrons. The lowest BCUT2D eigenvalue weighted by Gasteiger charge is -2.49. The molecule has 0 amide bonds. The average molecular weight is 254 g/mol. The number of fused-ring (bicyclic) bond motifs is 1. The molecule has 0 bridgehead atoms. The maximum Gasteiger partial charge on any atom is 0.0983 e. The Hall–Kier alpha value is -0.380. The quantitative estimate of drug-likeness (QED) is 0.707. The Morgan fingerprint density at radius 1 is 1.33 bits per heavy atom. The molecule has 1 fully saturated rings. The summed E-state index contributed by atoms with van der Waals surface area (Å²) in [4.78, 5) is 0. The Morgan fingerprint density at radius 3 is 2.61 bits per heavy atom. The normalized spacial score (nSPS) is 41.2.